The normalized spacial score (nSPS) is 16.2. The van der Waals surface area contributed by atoms with E-state index in [0.717, 1.165) is 0 Å². The number of benzene rings is 2. The zero-order valence-electron chi connectivity index (χ0n) is 13.9. The van der Waals surface area contributed by atoms with E-state index in [9.17, 15) is 29.8 Å². The first kappa shape index (κ1) is 18.0. The van der Waals surface area contributed by atoms with Crippen LogP contribution in [0, 0.1) is 26.1 Å². The molecule has 1 N–H and O–H groups in total. The van der Waals surface area contributed by atoms with Crippen LogP contribution in [0.2, 0.25) is 0 Å². The maximum Gasteiger partial charge on any atom is 0.269 e. The Hall–Kier alpha value is -3.82. The van der Waals surface area contributed by atoms with Crippen LogP contribution in [-0.4, -0.2) is 28.2 Å². The van der Waals surface area contributed by atoms with E-state index in [0.29, 0.717) is 11.4 Å². The Morgan fingerprint density at radius 1 is 0.963 bits per heavy atom. The number of non-ortho nitro benzene ring substituents is 2. The lowest BCUT2D eigenvalue weighted by molar-refractivity contribution is -0.385. The summed E-state index contributed by atoms with van der Waals surface area (Å²) in [6.07, 6.45) is 0.00972. The largest absolute Gasteiger partial charge is 0.326 e. The molecule has 1 aliphatic heterocycles. The molecular weight excluding hydrogens is 356 g/mol. The van der Waals surface area contributed by atoms with Gasteiger partial charge in [0.05, 0.1) is 15.8 Å². The average molecular weight is 370 g/mol. The summed E-state index contributed by atoms with van der Waals surface area (Å²) >= 11 is 0. The number of nitro groups is 2. The predicted octanol–water partition coefficient (Wildman–Crippen LogP) is 2.49. The number of hydrogen-bond acceptors (Lipinski definition) is 6. The van der Waals surface area contributed by atoms with Gasteiger partial charge in [-0.15, -0.1) is 0 Å². The maximum absolute atomic E-state index is 12.4. The van der Waals surface area contributed by atoms with Gasteiger partial charge in [0, 0.05) is 48.6 Å². The molecule has 1 atom stereocenters. The van der Waals surface area contributed by atoms with Crippen LogP contribution in [0.25, 0.3) is 0 Å². The number of anilines is 2. The summed E-state index contributed by atoms with van der Waals surface area (Å²) in [5.74, 6) is -1.22. The van der Waals surface area contributed by atoms with Gasteiger partial charge >= 0.3 is 0 Å². The van der Waals surface area contributed by atoms with Crippen molar-refractivity contribution in [2.45, 2.75) is 6.42 Å². The van der Waals surface area contributed by atoms with Crippen molar-refractivity contribution < 1.29 is 19.4 Å². The van der Waals surface area contributed by atoms with Gasteiger partial charge in [-0.2, -0.15) is 0 Å². The van der Waals surface area contributed by atoms with E-state index < -0.39 is 15.8 Å². The summed E-state index contributed by atoms with van der Waals surface area (Å²) in [7, 11) is 0. The van der Waals surface area contributed by atoms with Crippen LogP contribution in [0.4, 0.5) is 22.7 Å². The van der Waals surface area contributed by atoms with Gasteiger partial charge < -0.3 is 10.2 Å². The predicted molar refractivity (Wildman–Crippen MR) is 95.3 cm³/mol. The lowest BCUT2D eigenvalue weighted by Crippen LogP contribution is -2.28. The van der Waals surface area contributed by atoms with Crippen molar-refractivity contribution in [1.29, 1.82) is 0 Å². The average Bonchev–Trinajstić information content (AvgIpc) is 3.04. The van der Waals surface area contributed by atoms with Gasteiger partial charge in [0.2, 0.25) is 11.8 Å². The molecule has 0 bridgehead atoms. The summed E-state index contributed by atoms with van der Waals surface area (Å²) < 4.78 is 0. The lowest BCUT2D eigenvalue weighted by atomic mass is 10.1. The van der Waals surface area contributed by atoms with Crippen LogP contribution < -0.4 is 10.2 Å². The standard InChI is InChI=1S/C17H14N4O6/c22-16-9-11(10-19(16)13-5-7-15(8-6-13)21(26)27)17(23)18-12-1-3-14(4-2-12)20(24)25/h1-8,11H,9-10H2,(H,18,23)/t11-/m0/s1. The molecule has 3 rings (SSSR count). The number of nitrogens with zero attached hydrogens (tertiary/aromatic N) is 3. The van der Waals surface area contributed by atoms with E-state index in [1.54, 1.807) is 0 Å². The van der Waals surface area contributed by atoms with E-state index in [2.05, 4.69) is 5.32 Å². The molecule has 0 unspecified atom stereocenters. The molecule has 2 amide bonds. The second-order valence-electron chi connectivity index (χ2n) is 5.97. The second-order valence-corrected chi connectivity index (χ2v) is 5.97. The highest BCUT2D eigenvalue weighted by Gasteiger charge is 2.35. The van der Waals surface area contributed by atoms with Gasteiger partial charge in [0.15, 0.2) is 0 Å². The number of carbonyl (C=O) groups is 2. The van der Waals surface area contributed by atoms with Crippen molar-refractivity contribution >= 4 is 34.6 Å². The highest BCUT2D eigenvalue weighted by Crippen LogP contribution is 2.27. The lowest BCUT2D eigenvalue weighted by Gasteiger charge is -2.16. The first-order valence-corrected chi connectivity index (χ1v) is 7.95. The van der Waals surface area contributed by atoms with Crippen LogP contribution in [0.1, 0.15) is 6.42 Å². The molecule has 1 aliphatic rings. The Labute approximate surface area is 152 Å². The van der Waals surface area contributed by atoms with Crippen LogP contribution in [0.3, 0.4) is 0 Å². The highest BCUT2D eigenvalue weighted by atomic mass is 16.6. The third-order valence-corrected chi connectivity index (χ3v) is 4.21. The van der Waals surface area contributed by atoms with Gasteiger partial charge in [-0.05, 0) is 24.3 Å². The van der Waals surface area contributed by atoms with Gasteiger partial charge in [0.25, 0.3) is 11.4 Å². The summed E-state index contributed by atoms with van der Waals surface area (Å²) in [6, 6.07) is 10.9. The molecule has 138 valence electrons. The zero-order chi connectivity index (χ0) is 19.6. The SMILES string of the molecule is O=C(Nc1ccc([N+](=O)[O-])cc1)[C@H]1CC(=O)N(c2ccc([N+](=O)[O-])cc2)C1. The molecular formula is C17H14N4O6. The summed E-state index contributed by atoms with van der Waals surface area (Å²) in [5.41, 5.74) is 0.703. The Bertz CT molecular complexity index is 910. The smallest absolute Gasteiger partial charge is 0.269 e. The number of nitro benzene ring substituents is 2. The minimum absolute atomic E-state index is 0.00972. The van der Waals surface area contributed by atoms with Gasteiger partial charge in [-0.1, -0.05) is 0 Å². The van der Waals surface area contributed by atoms with Crippen molar-refractivity contribution in [1.82, 2.24) is 0 Å². The Balaban J connectivity index is 1.66. The maximum atomic E-state index is 12.4. The molecule has 0 aliphatic carbocycles. The summed E-state index contributed by atoms with van der Waals surface area (Å²) in [6.45, 7) is 0.148. The third kappa shape index (κ3) is 3.89. The number of nitrogens with one attached hydrogen (secondary N) is 1. The van der Waals surface area contributed by atoms with Crippen LogP contribution in [0.15, 0.2) is 48.5 Å². The number of carbonyl (C=O) groups excluding carboxylic acids is 2. The fraction of sp³-hybridized carbons (Fsp3) is 0.176. The Kier molecular flexibility index (Phi) is 4.79. The van der Waals surface area contributed by atoms with E-state index in [1.807, 2.05) is 0 Å². The molecule has 0 radical (unpaired) electrons. The van der Waals surface area contributed by atoms with E-state index in [4.69, 9.17) is 0 Å². The molecule has 0 aromatic heterocycles. The zero-order valence-corrected chi connectivity index (χ0v) is 13.9. The molecule has 2 aromatic rings. The third-order valence-electron chi connectivity index (χ3n) is 4.21. The van der Waals surface area contributed by atoms with Crippen molar-refractivity contribution in [2.24, 2.45) is 5.92 Å². The molecule has 0 saturated carbocycles. The fourth-order valence-electron chi connectivity index (χ4n) is 2.80. The van der Waals surface area contributed by atoms with E-state index in [-0.39, 0.29) is 36.2 Å². The van der Waals surface area contributed by atoms with Crippen LogP contribution in [-0.2, 0) is 9.59 Å². The molecule has 10 nitrogen and oxygen atoms in total. The first-order chi connectivity index (χ1) is 12.8. The van der Waals surface area contributed by atoms with Gasteiger partial charge in [-0.3, -0.25) is 29.8 Å². The molecule has 27 heavy (non-hydrogen) atoms. The molecule has 0 spiro atoms. The quantitative estimate of drug-likeness (QED) is 0.634. The van der Waals surface area contributed by atoms with Crippen molar-refractivity contribution in [3.05, 3.63) is 68.8 Å². The summed E-state index contributed by atoms with van der Waals surface area (Å²) in [5, 5.41) is 24.0. The summed E-state index contributed by atoms with van der Waals surface area (Å²) in [4.78, 5) is 46.3. The van der Waals surface area contributed by atoms with E-state index >= 15 is 0 Å². The monoisotopic (exact) mass is 370 g/mol. The molecule has 2 aromatic carbocycles. The number of amides is 2. The molecule has 1 saturated heterocycles. The second kappa shape index (κ2) is 7.20. The van der Waals surface area contributed by atoms with Crippen LogP contribution >= 0.6 is 0 Å². The number of rotatable bonds is 5. The van der Waals surface area contributed by atoms with E-state index in [1.165, 1.54) is 53.4 Å². The topological polar surface area (TPSA) is 136 Å². The number of hydrogen-bond donors (Lipinski definition) is 1. The van der Waals surface area contributed by atoms with Gasteiger partial charge in [0.1, 0.15) is 0 Å². The minimum atomic E-state index is -0.595. The van der Waals surface area contributed by atoms with Crippen molar-refractivity contribution in [3.8, 4) is 0 Å². The van der Waals surface area contributed by atoms with Gasteiger partial charge in [-0.25, -0.2) is 0 Å². The fourth-order valence-corrected chi connectivity index (χ4v) is 2.80. The molecule has 1 fully saturated rings. The minimum Gasteiger partial charge on any atom is -0.326 e. The van der Waals surface area contributed by atoms with Crippen LogP contribution in [0.5, 0.6) is 0 Å². The van der Waals surface area contributed by atoms with Crippen molar-refractivity contribution in [3.63, 3.8) is 0 Å². The molecule has 10 heteroatoms. The Morgan fingerprint density at radius 3 is 2.00 bits per heavy atom. The first-order valence-electron chi connectivity index (χ1n) is 7.95. The Morgan fingerprint density at radius 2 is 1.48 bits per heavy atom. The van der Waals surface area contributed by atoms with Crippen molar-refractivity contribution in [2.75, 3.05) is 16.8 Å². The molecule has 1 heterocycles. The highest BCUT2D eigenvalue weighted by molar-refractivity contribution is 6.03.